The first kappa shape index (κ1) is 38.7. The maximum Gasteiger partial charge on any atom is 0.0840 e. The average molecular weight is 625 g/mol. The molecule has 2 aliphatic rings. The third-order valence-electron chi connectivity index (χ3n) is 7.52. The van der Waals surface area contributed by atoms with Crippen LogP contribution >= 0.6 is 23.7 Å². The number of allylic oxidation sites excluding steroid dienone is 1. The molecule has 1 saturated carbocycles. The number of likely N-dealkylation sites (tertiary alicyclic amines) is 1. The zero-order valence-corrected chi connectivity index (χ0v) is 30.1. The molecule has 0 bridgehead atoms. The van der Waals surface area contributed by atoms with Crippen molar-refractivity contribution in [2.75, 3.05) is 12.8 Å². The van der Waals surface area contributed by atoms with Gasteiger partial charge in [0.2, 0.25) is 0 Å². The monoisotopic (exact) mass is 624 g/mol. The fourth-order valence-electron chi connectivity index (χ4n) is 4.01. The Morgan fingerprint density at radius 3 is 2.28 bits per heavy atom. The number of fused-ring (bicyclic) bond motifs is 1. The summed E-state index contributed by atoms with van der Waals surface area (Å²) in [6.07, 6.45) is 16.2. The minimum atomic E-state index is 0.251. The van der Waals surface area contributed by atoms with E-state index in [4.69, 9.17) is 0 Å². The highest BCUT2D eigenvalue weighted by Crippen LogP contribution is 2.33. The Morgan fingerprint density at radius 1 is 1.12 bits per heavy atom. The van der Waals surface area contributed by atoms with E-state index in [-0.39, 0.29) is 6.04 Å². The lowest BCUT2D eigenvalue weighted by molar-refractivity contribution is 0.368. The van der Waals surface area contributed by atoms with Crippen LogP contribution < -0.4 is 10.0 Å². The second kappa shape index (κ2) is 20.6. The number of hydrogen-bond donors (Lipinski definition) is 2. The van der Waals surface area contributed by atoms with E-state index < -0.39 is 0 Å². The molecule has 0 radical (unpaired) electrons. The van der Waals surface area contributed by atoms with Crippen LogP contribution in [-0.2, 0) is 0 Å². The van der Waals surface area contributed by atoms with Gasteiger partial charge in [0.05, 0.1) is 17.6 Å². The number of nitrogens with zero attached hydrogens (tertiary/aromatic N) is 2. The number of rotatable bonds is 11. The van der Waals surface area contributed by atoms with E-state index in [0.717, 1.165) is 48.0 Å². The molecule has 0 spiro atoms. The first-order valence-corrected chi connectivity index (χ1v) is 18.0. The van der Waals surface area contributed by atoms with E-state index in [1.165, 1.54) is 41.5 Å². The lowest BCUT2D eigenvalue weighted by atomic mass is 9.94. The molecule has 4 rings (SSSR count). The van der Waals surface area contributed by atoms with E-state index >= 15 is 0 Å². The van der Waals surface area contributed by atoms with Gasteiger partial charge in [-0.05, 0) is 93.0 Å². The van der Waals surface area contributed by atoms with Gasteiger partial charge in [-0.25, -0.2) is 0 Å². The quantitative estimate of drug-likeness (QED) is 0.147. The molecule has 2 fully saturated rings. The maximum absolute atomic E-state index is 4.39. The van der Waals surface area contributed by atoms with Gasteiger partial charge in [0.1, 0.15) is 0 Å². The summed E-state index contributed by atoms with van der Waals surface area (Å²) >= 11 is 3.56. The summed E-state index contributed by atoms with van der Waals surface area (Å²) in [4.78, 5) is 7.92. The Labute approximate surface area is 273 Å². The smallest absolute Gasteiger partial charge is 0.0840 e. The molecule has 1 aliphatic heterocycles. The molecule has 0 amide bonds. The van der Waals surface area contributed by atoms with Gasteiger partial charge >= 0.3 is 0 Å². The van der Waals surface area contributed by atoms with Crippen LogP contribution in [0.4, 0.5) is 0 Å². The van der Waals surface area contributed by atoms with Crippen LogP contribution in [0, 0.1) is 12.3 Å². The summed E-state index contributed by atoms with van der Waals surface area (Å²) in [5.41, 5.74) is 5.11. The van der Waals surface area contributed by atoms with Crippen molar-refractivity contribution in [3.8, 4) is 0 Å². The second-order valence-electron chi connectivity index (χ2n) is 12.2. The van der Waals surface area contributed by atoms with Crippen molar-refractivity contribution in [3.05, 3.63) is 86.0 Å². The summed E-state index contributed by atoms with van der Waals surface area (Å²) in [7, 11) is 0. The van der Waals surface area contributed by atoms with Crippen molar-refractivity contribution in [2.45, 2.75) is 116 Å². The van der Waals surface area contributed by atoms with Crippen LogP contribution in [0.1, 0.15) is 92.1 Å². The largest absolute Gasteiger partial charge is 0.379 e. The van der Waals surface area contributed by atoms with Gasteiger partial charge in [0.15, 0.2) is 0 Å². The number of thioether (sulfide) groups is 1. The highest BCUT2D eigenvalue weighted by Gasteiger charge is 2.26. The van der Waals surface area contributed by atoms with Gasteiger partial charge in [-0.1, -0.05) is 85.9 Å². The fraction of sp³-hybridized carbons (Fsp3) is 0.541. The van der Waals surface area contributed by atoms with Crippen molar-refractivity contribution in [1.29, 1.82) is 0 Å². The zero-order valence-electron chi connectivity index (χ0n) is 28.5. The molecular formula is C37H60N4S2. The minimum absolute atomic E-state index is 0.251. The predicted octanol–water partition coefficient (Wildman–Crippen LogP) is 10.7. The molecular weight excluding hydrogens is 565 g/mol. The highest BCUT2D eigenvalue weighted by molar-refractivity contribution is 7.99. The van der Waals surface area contributed by atoms with E-state index in [1.54, 1.807) is 11.8 Å². The molecule has 2 atom stereocenters. The molecule has 2 heterocycles. The summed E-state index contributed by atoms with van der Waals surface area (Å²) in [6.45, 7) is 32.2. The average Bonchev–Trinajstić information content (AvgIpc) is 3.72. The molecule has 6 heteroatoms. The lowest BCUT2D eigenvalue weighted by Crippen LogP contribution is -2.39. The van der Waals surface area contributed by atoms with Gasteiger partial charge in [-0.3, -0.25) is 4.98 Å². The molecule has 240 valence electrons. The molecule has 2 N–H and O–H groups in total. The van der Waals surface area contributed by atoms with Gasteiger partial charge in [0, 0.05) is 39.7 Å². The maximum atomic E-state index is 4.39. The van der Waals surface area contributed by atoms with Gasteiger partial charge < -0.3 is 14.9 Å². The molecule has 1 saturated heterocycles. The number of nitrogens with one attached hydrogen (secondary N) is 2. The minimum Gasteiger partial charge on any atom is -0.379 e. The lowest BCUT2D eigenvalue weighted by Gasteiger charge is -2.29. The molecule has 4 nitrogen and oxygen atoms in total. The number of aromatic nitrogens is 1. The SMILES string of the molecule is C=CCC.C=CN1CCCC1C(=C)NC(CC)C(=C)NSC1CC1.CCC(C)(C)C.CSc1cccc2c(C)ccnc12. The molecule has 2 unspecified atom stereocenters. The predicted molar refractivity (Wildman–Crippen MR) is 198 cm³/mol. The van der Waals surface area contributed by atoms with Crippen LogP contribution in [0.15, 0.2) is 85.3 Å². The van der Waals surface area contributed by atoms with Crippen LogP contribution in [0.3, 0.4) is 0 Å². The number of para-hydroxylation sites is 1. The Morgan fingerprint density at radius 2 is 1.77 bits per heavy atom. The first-order chi connectivity index (χ1) is 20.5. The van der Waals surface area contributed by atoms with Crippen molar-refractivity contribution in [3.63, 3.8) is 0 Å². The second-order valence-corrected chi connectivity index (χ2v) is 14.2. The number of aryl methyl sites for hydroxylation is 1. The van der Waals surface area contributed by atoms with Crippen molar-refractivity contribution in [1.82, 2.24) is 19.9 Å². The van der Waals surface area contributed by atoms with Gasteiger partial charge in [-0.2, -0.15) is 0 Å². The van der Waals surface area contributed by atoms with E-state index in [9.17, 15) is 0 Å². The van der Waals surface area contributed by atoms with Gasteiger partial charge in [0.25, 0.3) is 0 Å². The standard InChI is InChI=1S/C16H27N3S.C11H11NS.C6H14.C4H8/c1-5-15(12(3)18-20-14-9-10-14)17-13(4)16-8-7-11-19(16)6-2;1-8-6-7-12-11-9(8)4-3-5-10(11)13-2;1-5-6(2,3)4;1-3-4-2/h6,14-18H,2-5,7-11H2,1H3;3-7H,1-2H3;5H2,1-4H3;3H,1,4H2,2H3. The van der Waals surface area contributed by atoms with Gasteiger partial charge in [-0.15, -0.1) is 18.3 Å². The highest BCUT2D eigenvalue weighted by atomic mass is 32.2. The summed E-state index contributed by atoms with van der Waals surface area (Å²) < 4.78 is 3.40. The van der Waals surface area contributed by atoms with Crippen molar-refractivity contribution < 1.29 is 0 Å². The molecule has 2 aromatic rings. The number of pyridine rings is 1. The molecule has 43 heavy (non-hydrogen) atoms. The van der Waals surface area contributed by atoms with E-state index in [0.29, 0.717) is 11.5 Å². The van der Waals surface area contributed by atoms with Crippen molar-refractivity contribution in [2.24, 2.45) is 5.41 Å². The fourth-order valence-corrected chi connectivity index (χ4v) is 5.41. The number of benzene rings is 1. The molecule has 1 aromatic carbocycles. The van der Waals surface area contributed by atoms with E-state index in [1.807, 2.05) is 36.5 Å². The third kappa shape index (κ3) is 14.8. The van der Waals surface area contributed by atoms with Crippen LogP contribution in [0.25, 0.3) is 10.9 Å². The summed E-state index contributed by atoms with van der Waals surface area (Å²) in [6, 6.07) is 9.00. The number of hydrogen-bond acceptors (Lipinski definition) is 6. The normalized spacial score (nSPS) is 16.3. The Kier molecular flexibility index (Phi) is 18.6. The Hall–Kier alpha value is -2.31. The zero-order chi connectivity index (χ0) is 32.4. The topological polar surface area (TPSA) is 40.2 Å². The molecule has 1 aliphatic carbocycles. The van der Waals surface area contributed by atoms with Crippen LogP contribution in [0.5, 0.6) is 0 Å². The summed E-state index contributed by atoms with van der Waals surface area (Å²) in [5, 5.41) is 5.61. The first-order valence-electron chi connectivity index (χ1n) is 15.9. The van der Waals surface area contributed by atoms with E-state index in [2.05, 4.69) is 119 Å². The van der Waals surface area contributed by atoms with Crippen molar-refractivity contribution >= 4 is 34.6 Å². The Balaban J connectivity index is 0.000000342. The molecule has 1 aromatic heterocycles. The third-order valence-corrected chi connectivity index (χ3v) is 9.48. The van der Waals surface area contributed by atoms with Crippen LogP contribution in [0.2, 0.25) is 0 Å². The Bertz CT molecular complexity index is 1130. The van der Waals surface area contributed by atoms with Crippen LogP contribution in [-0.4, -0.2) is 40.0 Å². The summed E-state index contributed by atoms with van der Waals surface area (Å²) in [5.74, 6) is 0.